The fourth-order valence-corrected chi connectivity index (χ4v) is 3.93. The molecule has 0 fully saturated rings. The molecule has 3 rings (SSSR count). The predicted octanol–water partition coefficient (Wildman–Crippen LogP) is 4.84. The van der Waals surface area contributed by atoms with Gasteiger partial charge in [-0.1, -0.05) is 44.5 Å². The van der Waals surface area contributed by atoms with E-state index in [1.165, 1.54) is 25.3 Å². The zero-order chi connectivity index (χ0) is 23.5. The molecule has 0 aliphatic rings. The van der Waals surface area contributed by atoms with Gasteiger partial charge in [-0.15, -0.1) is 0 Å². The van der Waals surface area contributed by atoms with E-state index in [1.54, 1.807) is 24.3 Å². The van der Waals surface area contributed by atoms with Crippen molar-refractivity contribution in [1.29, 1.82) is 0 Å². The standard InChI is InChI=1S/C22H22ClN3O5S/c1-22(2,3)14-5-8-16(9-6-14)32(28,29)26-21-20(18(12-27)24-13-25-21)31-19-11-15(30-4)7-10-17(19)23/h5-13H,1-4H3,(H,24,25,26). The summed E-state index contributed by atoms with van der Waals surface area (Å²) in [5.41, 5.74) is 0.705. The zero-order valence-corrected chi connectivity index (χ0v) is 19.5. The van der Waals surface area contributed by atoms with E-state index in [1.807, 2.05) is 20.8 Å². The maximum atomic E-state index is 13.0. The maximum Gasteiger partial charge on any atom is 0.263 e. The van der Waals surface area contributed by atoms with Crippen molar-refractivity contribution in [3.05, 3.63) is 65.1 Å². The lowest BCUT2D eigenvalue weighted by atomic mass is 9.87. The normalized spacial score (nSPS) is 11.7. The number of ether oxygens (including phenoxy) is 2. The Morgan fingerprint density at radius 3 is 2.34 bits per heavy atom. The summed E-state index contributed by atoms with van der Waals surface area (Å²) >= 11 is 6.18. The van der Waals surface area contributed by atoms with Gasteiger partial charge in [0.15, 0.2) is 23.5 Å². The molecule has 8 nitrogen and oxygen atoms in total. The van der Waals surface area contributed by atoms with Crippen molar-refractivity contribution in [2.24, 2.45) is 0 Å². The van der Waals surface area contributed by atoms with Crippen LogP contribution in [0.5, 0.6) is 17.2 Å². The van der Waals surface area contributed by atoms with E-state index < -0.39 is 10.0 Å². The molecule has 0 saturated heterocycles. The van der Waals surface area contributed by atoms with E-state index in [0.29, 0.717) is 12.0 Å². The van der Waals surface area contributed by atoms with Gasteiger partial charge in [-0.3, -0.25) is 9.52 Å². The second-order valence-corrected chi connectivity index (χ2v) is 9.92. The fraction of sp³-hybridized carbons (Fsp3) is 0.227. The van der Waals surface area contributed by atoms with Crippen LogP contribution >= 0.6 is 11.6 Å². The Morgan fingerprint density at radius 2 is 1.75 bits per heavy atom. The van der Waals surface area contributed by atoms with Crippen LogP contribution in [-0.2, 0) is 15.4 Å². The molecular formula is C22H22ClN3O5S. The summed E-state index contributed by atoms with van der Waals surface area (Å²) in [5, 5.41) is 0.220. The van der Waals surface area contributed by atoms with E-state index in [0.717, 1.165) is 11.9 Å². The smallest absolute Gasteiger partial charge is 0.263 e. The molecule has 0 atom stereocenters. The molecule has 0 saturated carbocycles. The average molecular weight is 476 g/mol. The average Bonchev–Trinajstić information content (AvgIpc) is 2.75. The molecule has 2 aromatic carbocycles. The van der Waals surface area contributed by atoms with Crippen molar-refractivity contribution >= 4 is 33.7 Å². The molecule has 1 N–H and O–H groups in total. The number of benzene rings is 2. The van der Waals surface area contributed by atoms with Gasteiger partial charge in [0.25, 0.3) is 10.0 Å². The van der Waals surface area contributed by atoms with Crippen LogP contribution < -0.4 is 14.2 Å². The van der Waals surface area contributed by atoms with Crippen LogP contribution in [0.25, 0.3) is 0 Å². The van der Waals surface area contributed by atoms with E-state index in [2.05, 4.69) is 14.7 Å². The Bertz CT molecular complexity index is 1240. The number of nitrogens with zero attached hydrogens (tertiary/aromatic N) is 2. The summed E-state index contributed by atoms with van der Waals surface area (Å²) in [6.45, 7) is 6.10. The molecule has 0 unspecified atom stereocenters. The van der Waals surface area contributed by atoms with Crippen LogP contribution in [0.4, 0.5) is 5.82 Å². The first-order valence-corrected chi connectivity index (χ1v) is 11.4. The van der Waals surface area contributed by atoms with Crippen molar-refractivity contribution in [2.45, 2.75) is 31.1 Å². The number of halogens is 1. The van der Waals surface area contributed by atoms with E-state index in [9.17, 15) is 13.2 Å². The first-order valence-electron chi connectivity index (χ1n) is 9.50. The van der Waals surface area contributed by atoms with Crippen molar-refractivity contribution in [2.75, 3.05) is 11.8 Å². The Morgan fingerprint density at radius 1 is 1.06 bits per heavy atom. The lowest BCUT2D eigenvalue weighted by Gasteiger charge is -2.19. The number of anilines is 1. The van der Waals surface area contributed by atoms with Crippen LogP contribution in [0.2, 0.25) is 5.02 Å². The summed E-state index contributed by atoms with van der Waals surface area (Å²) < 4.78 is 39.2. The highest BCUT2D eigenvalue weighted by Crippen LogP contribution is 2.37. The largest absolute Gasteiger partial charge is 0.497 e. The van der Waals surface area contributed by atoms with E-state index >= 15 is 0 Å². The zero-order valence-electron chi connectivity index (χ0n) is 17.9. The molecule has 0 aliphatic carbocycles. The molecule has 168 valence electrons. The maximum absolute atomic E-state index is 13.0. The van der Waals surface area contributed by atoms with Crippen LogP contribution in [0.15, 0.2) is 53.7 Å². The third-order valence-electron chi connectivity index (χ3n) is 4.56. The second kappa shape index (κ2) is 9.13. The van der Waals surface area contributed by atoms with Gasteiger partial charge < -0.3 is 9.47 Å². The summed E-state index contributed by atoms with van der Waals surface area (Å²) in [4.78, 5) is 19.4. The number of hydrogen-bond acceptors (Lipinski definition) is 7. The van der Waals surface area contributed by atoms with Crippen molar-refractivity contribution in [3.8, 4) is 17.2 Å². The predicted molar refractivity (Wildman–Crippen MR) is 121 cm³/mol. The molecule has 3 aromatic rings. The molecule has 0 amide bonds. The number of nitrogens with one attached hydrogen (secondary N) is 1. The number of methoxy groups -OCH3 is 1. The fourth-order valence-electron chi connectivity index (χ4n) is 2.76. The number of hydrogen-bond donors (Lipinski definition) is 1. The molecule has 0 radical (unpaired) electrons. The number of carbonyl (C=O) groups excluding carboxylic acids is 1. The van der Waals surface area contributed by atoms with Gasteiger partial charge in [0, 0.05) is 6.07 Å². The molecule has 32 heavy (non-hydrogen) atoms. The van der Waals surface area contributed by atoms with Crippen molar-refractivity contribution < 1.29 is 22.7 Å². The molecule has 0 spiro atoms. The van der Waals surface area contributed by atoms with Crippen LogP contribution in [0, 0.1) is 0 Å². The molecular weight excluding hydrogens is 454 g/mol. The highest BCUT2D eigenvalue weighted by atomic mass is 35.5. The number of sulfonamides is 1. The van der Waals surface area contributed by atoms with Crippen LogP contribution in [0.3, 0.4) is 0 Å². The molecule has 1 heterocycles. The second-order valence-electron chi connectivity index (χ2n) is 7.83. The molecule has 0 aliphatic heterocycles. The van der Waals surface area contributed by atoms with Crippen molar-refractivity contribution in [3.63, 3.8) is 0 Å². The van der Waals surface area contributed by atoms with Gasteiger partial charge in [-0.2, -0.15) is 0 Å². The Labute approximate surface area is 191 Å². The summed E-state index contributed by atoms with van der Waals surface area (Å²) in [6.07, 6.45) is 1.49. The number of rotatable bonds is 7. The van der Waals surface area contributed by atoms with Gasteiger partial charge in [-0.25, -0.2) is 18.4 Å². The third-order valence-corrected chi connectivity index (χ3v) is 6.22. The van der Waals surface area contributed by atoms with Gasteiger partial charge in [0.2, 0.25) is 0 Å². The van der Waals surface area contributed by atoms with E-state index in [-0.39, 0.29) is 38.3 Å². The number of carbonyl (C=O) groups is 1. The quantitative estimate of drug-likeness (QED) is 0.487. The Balaban J connectivity index is 1.99. The Hall–Kier alpha value is -3.17. The lowest BCUT2D eigenvalue weighted by Crippen LogP contribution is -2.16. The van der Waals surface area contributed by atoms with Gasteiger partial charge >= 0.3 is 0 Å². The molecule has 0 bridgehead atoms. The van der Waals surface area contributed by atoms with Crippen LogP contribution in [0.1, 0.15) is 36.8 Å². The monoisotopic (exact) mass is 475 g/mol. The summed E-state index contributed by atoms with van der Waals surface area (Å²) in [5.74, 6) is 0.197. The molecule has 1 aromatic heterocycles. The minimum Gasteiger partial charge on any atom is -0.497 e. The van der Waals surface area contributed by atoms with Gasteiger partial charge in [-0.05, 0) is 35.2 Å². The SMILES string of the molecule is COc1ccc(Cl)c(Oc2c(C=O)ncnc2NS(=O)(=O)c2ccc(C(C)(C)C)cc2)c1. The van der Waals surface area contributed by atoms with E-state index in [4.69, 9.17) is 21.1 Å². The third kappa shape index (κ3) is 5.17. The first-order chi connectivity index (χ1) is 15.0. The molecule has 10 heteroatoms. The Kier molecular flexibility index (Phi) is 6.71. The topological polar surface area (TPSA) is 107 Å². The lowest BCUT2D eigenvalue weighted by molar-refractivity contribution is 0.111. The number of aromatic nitrogens is 2. The number of aldehydes is 1. The van der Waals surface area contributed by atoms with Crippen LogP contribution in [-0.4, -0.2) is 31.8 Å². The van der Waals surface area contributed by atoms with Gasteiger partial charge in [0.05, 0.1) is 17.0 Å². The highest BCUT2D eigenvalue weighted by Gasteiger charge is 2.23. The minimum atomic E-state index is -4.03. The minimum absolute atomic E-state index is 0.0297. The summed E-state index contributed by atoms with van der Waals surface area (Å²) in [7, 11) is -2.56. The van der Waals surface area contributed by atoms with Gasteiger partial charge in [0.1, 0.15) is 17.8 Å². The highest BCUT2D eigenvalue weighted by molar-refractivity contribution is 7.92. The first kappa shape index (κ1) is 23.5. The van der Waals surface area contributed by atoms with Crippen molar-refractivity contribution in [1.82, 2.24) is 9.97 Å². The summed E-state index contributed by atoms with van der Waals surface area (Å²) in [6, 6.07) is 11.2.